The van der Waals surface area contributed by atoms with E-state index < -0.39 is 0 Å². The monoisotopic (exact) mass is 485 g/mol. The molecule has 1 heterocycles. The number of amides is 1. The van der Waals surface area contributed by atoms with Gasteiger partial charge >= 0.3 is 0 Å². The maximum absolute atomic E-state index is 12.2. The van der Waals surface area contributed by atoms with Crippen LogP contribution in [0.2, 0.25) is 0 Å². The Hall–Kier alpha value is -3.80. The Bertz CT molecular complexity index is 1220. The van der Waals surface area contributed by atoms with Gasteiger partial charge in [0, 0.05) is 25.9 Å². The number of unbranched alkanes of at least 4 members (excludes halogenated alkanes) is 1. The molecule has 188 valence electrons. The normalized spacial score (nSPS) is 10.9. The average Bonchev–Trinajstić information content (AvgIpc) is 3.28. The largest absolute Gasteiger partial charge is 0.497 e. The number of methoxy groups -OCH3 is 1. The Morgan fingerprint density at radius 2 is 1.61 bits per heavy atom. The molecule has 0 saturated heterocycles. The topological polar surface area (TPSA) is 65.4 Å². The number of benzene rings is 3. The van der Waals surface area contributed by atoms with E-state index in [1.54, 1.807) is 7.11 Å². The number of aromatic nitrogens is 2. The highest BCUT2D eigenvalue weighted by Crippen LogP contribution is 2.19. The highest BCUT2D eigenvalue weighted by molar-refractivity contribution is 5.76. The number of hydrogen-bond donors (Lipinski definition) is 1. The van der Waals surface area contributed by atoms with Crippen LogP contribution in [0, 0.1) is 0 Å². The number of rotatable bonds is 14. The number of aryl methyl sites for hydroxylation is 3. The van der Waals surface area contributed by atoms with Crippen LogP contribution in [0.4, 0.5) is 0 Å². The molecule has 36 heavy (non-hydrogen) atoms. The van der Waals surface area contributed by atoms with Gasteiger partial charge in [0.1, 0.15) is 17.3 Å². The van der Waals surface area contributed by atoms with Gasteiger partial charge in [-0.2, -0.15) is 0 Å². The van der Waals surface area contributed by atoms with Crippen LogP contribution >= 0.6 is 0 Å². The second-order valence-electron chi connectivity index (χ2n) is 8.84. The van der Waals surface area contributed by atoms with Gasteiger partial charge in [-0.15, -0.1) is 0 Å². The maximum atomic E-state index is 12.2. The van der Waals surface area contributed by atoms with Gasteiger partial charge in [0.2, 0.25) is 5.91 Å². The van der Waals surface area contributed by atoms with E-state index in [2.05, 4.69) is 40.2 Å². The van der Waals surface area contributed by atoms with E-state index in [-0.39, 0.29) is 5.91 Å². The van der Waals surface area contributed by atoms with Crippen molar-refractivity contribution in [2.45, 2.75) is 45.1 Å². The minimum absolute atomic E-state index is 0.101. The average molecular weight is 486 g/mol. The molecule has 6 heteroatoms. The van der Waals surface area contributed by atoms with E-state index in [9.17, 15) is 4.79 Å². The molecule has 4 aromatic rings. The van der Waals surface area contributed by atoms with Crippen molar-refractivity contribution in [3.8, 4) is 11.5 Å². The van der Waals surface area contributed by atoms with Gasteiger partial charge in [-0.05, 0) is 67.6 Å². The van der Waals surface area contributed by atoms with E-state index in [0.29, 0.717) is 19.6 Å². The van der Waals surface area contributed by atoms with Gasteiger partial charge in [0.05, 0.1) is 24.8 Å². The predicted molar refractivity (Wildman–Crippen MR) is 144 cm³/mol. The fourth-order valence-corrected chi connectivity index (χ4v) is 4.26. The maximum Gasteiger partial charge on any atom is 0.220 e. The number of carbonyl (C=O) groups excluding carboxylic acids is 1. The van der Waals surface area contributed by atoms with Crippen molar-refractivity contribution in [1.29, 1.82) is 0 Å². The molecule has 0 aliphatic rings. The Morgan fingerprint density at radius 3 is 2.42 bits per heavy atom. The van der Waals surface area contributed by atoms with Crippen molar-refractivity contribution in [3.63, 3.8) is 0 Å². The summed E-state index contributed by atoms with van der Waals surface area (Å²) in [7, 11) is 1.66. The zero-order valence-electron chi connectivity index (χ0n) is 21.0. The lowest BCUT2D eigenvalue weighted by Gasteiger charge is -2.11. The van der Waals surface area contributed by atoms with Gasteiger partial charge in [-0.3, -0.25) is 4.79 Å². The molecule has 3 aromatic carbocycles. The fourth-order valence-electron chi connectivity index (χ4n) is 4.26. The molecule has 0 radical (unpaired) electrons. The van der Waals surface area contributed by atoms with Crippen LogP contribution in [0.25, 0.3) is 11.0 Å². The van der Waals surface area contributed by atoms with E-state index in [0.717, 1.165) is 67.0 Å². The first-order valence-electron chi connectivity index (χ1n) is 12.7. The molecule has 1 aromatic heterocycles. The summed E-state index contributed by atoms with van der Waals surface area (Å²) in [6.45, 7) is 2.22. The molecule has 0 fully saturated rings. The Labute approximate surface area is 213 Å². The zero-order valence-corrected chi connectivity index (χ0v) is 21.0. The van der Waals surface area contributed by atoms with Gasteiger partial charge in [-0.25, -0.2) is 4.98 Å². The summed E-state index contributed by atoms with van der Waals surface area (Å²) in [6.07, 6.45) is 4.93. The van der Waals surface area contributed by atoms with Gasteiger partial charge in [0.15, 0.2) is 0 Å². The molecule has 0 aliphatic carbocycles. The van der Waals surface area contributed by atoms with Crippen LogP contribution in [0.3, 0.4) is 0 Å². The third-order valence-electron chi connectivity index (χ3n) is 6.22. The molecule has 1 amide bonds. The van der Waals surface area contributed by atoms with E-state index in [1.807, 2.05) is 48.5 Å². The lowest BCUT2D eigenvalue weighted by molar-refractivity contribution is -0.121. The summed E-state index contributed by atoms with van der Waals surface area (Å²) >= 11 is 0. The molecule has 0 aliphatic heterocycles. The number of ether oxygens (including phenoxy) is 2. The number of fused-ring (bicyclic) bond motifs is 1. The van der Waals surface area contributed by atoms with E-state index in [4.69, 9.17) is 14.5 Å². The lowest BCUT2D eigenvalue weighted by Crippen LogP contribution is -2.25. The molecule has 0 atom stereocenters. The first kappa shape index (κ1) is 25.3. The fraction of sp³-hybridized carbons (Fsp3) is 0.333. The highest BCUT2D eigenvalue weighted by atomic mass is 16.5. The van der Waals surface area contributed by atoms with E-state index >= 15 is 0 Å². The summed E-state index contributed by atoms with van der Waals surface area (Å²) < 4.78 is 13.4. The summed E-state index contributed by atoms with van der Waals surface area (Å²) in [5.41, 5.74) is 3.38. The standard InChI is InChI=1S/C30H35N3O3/c1-35-25-16-18-26(19-17-25)36-23-8-7-22-33-28-13-6-5-12-27(28)32-29(33)14-9-21-31-30(34)20-15-24-10-3-2-4-11-24/h2-6,10-13,16-19H,7-9,14-15,20-23H2,1H3,(H,31,34). The van der Waals surface area contributed by atoms with Crippen LogP contribution in [0.5, 0.6) is 11.5 Å². The number of nitrogens with one attached hydrogen (secondary N) is 1. The second-order valence-corrected chi connectivity index (χ2v) is 8.84. The SMILES string of the molecule is COc1ccc(OCCCCn2c(CCCNC(=O)CCc3ccccc3)nc3ccccc32)cc1. The summed E-state index contributed by atoms with van der Waals surface area (Å²) in [4.78, 5) is 17.1. The third kappa shape index (κ3) is 7.35. The Balaban J connectivity index is 1.22. The molecule has 0 unspecified atom stereocenters. The van der Waals surface area contributed by atoms with Crippen LogP contribution in [-0.4, -0.2) is 35.7 Å². The molecule has 0 bridgehead atoms. The van der Waals surface area contributed by atoms with Crippen LogP contribution in [-0.2, 0) is 24.2 Å². The Morgan fingerprint density at radius 1 is 0.861 bits per heavy atom. The molecule has 1 N–H and O–H groups in total. The Kier molecular flexibility index (Phi) is 9.37. The van der Waals surface area contributed by atoms with Crippen LogP contribution < -0.4 is 14.8 Å². The minimum Gasteiger partial charge on any atom is -0.497 e. The molecule has 0 saturated carbocycles. The summed E-state index contributed by atoms with van der Waals surface area (Å²) in [5, 5.41) is 3.06. The zero-order chi connectivity index (χ0) is 25.0. The van der Waals surface area contributed by atoms with E-state index in [1.165, 1.54) is 5.56 Å². The minimum atomic E-state index is 0.101. The first-order valence-corrected chi connectivity index (χ1v) is 12.7. The van der Waals surface area contributed by atoms with Crippen molar-refractivity contribution >= 4 is 16.9 Å². The van der Waals surface area contributed by atoms with Crippen LogP contribution in [0.15, 0.2) is 78.9 Å². The van der Waals surface area contributed by atoms with Gasteiger partial charge < -0.3 is 19.4 Å². The lowest BCUT2D eigenvalue weighted by atomic mass is 10.1. The number of imidazole rings is 1. The van der Waals surface area contributed by atoms with Crippen molar-refractivity contribution in [3.05, 3.63) is 90.3 Å². The second kappa shape index (κ2) is 13.3. The quantitative estimate of drug-likeness (QED) is 0.237. The number of para-hydroxylation sites is 2. The smallest absolute Gasteiger partial charge is 0.220 e. The number of nitrogens with zero attached hydrogens (tertiary/aromatic N) is 2. The number of carbonyl (C=O) groups is 1. The van der Waals surface area contributed by atoms with Crippen molar-refractivity contribution in [2.75, 3.05) is 20.3 Å². The molecule has 0 spiro atoms. The molecular weight excluding hydrogens is 450 g/mol. The van der Waals surface area contributed by atoms with Gasteiger partial charge in [-0.1, -0.05) is 42.5 Å². The molecule has 4 rings (SSSR count). The first-order chi connectivity index (χ1) is 17.7. The highest BCUT2D eigenvalue weighted by Gasteiger charge is 2.10. The van der Waals surface area contributed by atoms with Crippen LogP contribution in [0.1, 0.15) is 37.1 Å². The predicted octanol–water partition coefficient (Wildman–Crippen LogP) is 5.59. The van der Waals surface area contributed by atoms with Crippen molar-refractivity contribution < 1.29 is 14.3 Å². The third-order valence-corrected chi connectivity index (χ3v) is 6.22. The molecular formula is C30H35N3O3. The van der Waals surface area contributed by atoms with Gasteiger partial charge in [0.25, 0.3) is 0 Å². The number of hydrogen-bond acceptors (Lipinski definition) is 4. The van der Waals surface area contributed by atoms with Crippen molar-refractivity contribution in [1.82, 2.24) is 14.9 Å². The summed E-state index contributed by atoms with van der Waals surface area (Å²) in [6, 6.07) is 26.1. The molecule has 6 nitrogen and oxygen atoms in total. The van der Waals surface area contributed by atoms with Crippen molar-refractivity contribution in [2.24, 2.45) is 0 Å². The summed E-state index contributed by atoms with van der Waals surface area (Å²) in [5.74, 6) is 2.86.